The normalized spacial score (nSPS) is 19.4. The van der Waals surface area contributed by atoms with Gasteiger partial charge in [-0.25, -0.2) is 23.5 Å². The Morgan fingerprint density at radius 1 is 0.950 bits per heavy atom. The number of pyridine rings is 2. The minimum Gasteiger partial charge on any atom is -0.444 e. The fourth-order valence-electron chi connectivity index (χ4n) is 4.00. The molecule has 0 unspecified atom stereocenters. The number of ketones is 1. The van der Waals surface area contributed by atoms with Crippen LogP contribution in [0, 0.1) is 11.6 Å². The van der Waals surface area contributed by atoms with Crippen LogP contribution >= 0.6 is 31.9 Å². The Kier molecular flexibility index (Phi) is 13.7. The van der Waals surface area contributed by atoms with Crippen LogP contribution in [0.1, 0.15) is 72.1 Å². The number of anilines is 2. The topological polar surface area (TPSA) is 145 Å². The molecule has 1 amide bonds. The largest absolute Gasteiger partial charge is 0.444 e. The van der Waals surface area contributed by atoms with Gasteiger partial charge in [0, 0.05) is 43.1 Å². The monoisotopic (exact) mass is 690 g/mol. The molecule has 0 aromatic carbocycles. The number of nitrogens with zero attached hydrogens (tertiary/aromatic N) is 2. The van der Waals surface area contributed by atoms with Gasteiger partial charge in [0.05, 0.1) is 23.8 Å². The van der Waals surface area contributed by atoms with Crippen LogP contribution in [0.2, 0.25) is 0 Å². The number of rotatable bonds is 3. The zero-order valence-electron chi connectivity index (χ0n) is 23.0. The number of Topliss-reactive ketones (excluding diaryl/α,β-unsaturated/α-hetero) is 1. The van der Waals surface area contributed by atoms with Crippen molar-refractivity contribution in [2.75, 3.05) is 11.1 Å². The number of ether oxygens (including phenoxy) is 1. The predicted molar refractivity (Wildman–Crippen MR) is 159 cm³/mol. The number of nitrogens with two attached hydrogens (primary N) is 2. The minimum atomic E-state index is -0.464. The van der Waals surface area contributed by atoms with Gasteiger partial charge < -0.3 is 26.8 Å². The summed E-state index contributed by atoms with van der Waals surface area (Å²) in [5.74, 6) is -0.453. The van der Waals surface area contributed by atoms with Crippen LogP contribution < -0.4 is 22.1 Å². The summed E-state index contributed by atoms with van der Waals surface area (Å²) in [6, 6.07) is 3.47. The Bertz CT molecular complexity index is 1120. The number of amides is 1. The van der Waals surface area contributed by atoms with Crippen molar-refractivity contribution in [2.24, 2.45) is 5.73 Å². The van der Waals surface area contributed by atoms with E-state index < -0.39 is 11.4 Å². The molecule has 2 fully saturated rings. The SMILES string of the molecule is CC(C)(C)OC(=O)NC1CCC(=O)CC1.NC1CCC(Nc2cc(F)cnc2Br)CC1.Nc1cc(F)cnc1Br. The molecule has 6 N–H and O–H groups in total. The Hall–Kier alpha value is -2.38. The molecule has 13 heteroatoms. The van der Waals surface area contributed by atoms with E-state index in [-0.39, 0.29) is 23.7 Å². The number of carbonyl (C=O) groups is 2. The lowest BCUT2D eigenvalue weighted by atomic mass is 9.92. The second-order valence-electron chi connectivity index (χ2n) is 10.7. The Morgan fingerprint density at radius 3 is 2.02 bits per heavy atom. The third kappa shape index (κ3) is 13.3. The van der Waals surface area contributed by atoms with Crippen LogP contribution in [0.25, 0.3) is 0 Å². The first-order chi connectivity index (χ1) is 18.7. The smallest absolute Gasteiger partial charge is 0.407 e. The van der Waals surface area contributed by atoms with Gasteiger partial charge in [-0.05, 0) is 91.2 Å². The number of nitrogen functional groups attached to an aromatic ring is 1. The van der Waals surface area contributed by atoms with Crippen molar-refractivity contribution >= 4 is 55.1 Å². The summed E-state index contributed by atoms with van der Waals surface area (Å²) >= 11 is 6.33. The van der Waals surface area contributed by atoms with Gasteiger partial charge in [0.25, 0.3) is 0 Å². The summed E-state index contributed by atoms with van der Waals surface area (Å²) in [6.07, 6.45) is 8.63. The van der Waals surface area contributed by atoms with Crippen LogP contribution in [0.3, 0.4) is 0 Å². The highest BCUT2D eigenvalue weighted by Crippen LogP contribution is 2.26. The van der Waals surface area contributed by atoms with E-state index in [0.717, 1.165) is 50.4 Å². The molecule has 9 nitrogen and oxygen atoms in total. The molecule has 2 aliphatic carbocycles. The van der Waals surface area contributed by atoms with Gasteiger partial charge in [-0.3, -0.25) is 4.79 Å². The molecule has 2 aromatic heterocycles. The lowest BCUT2D eigenvalue weighted by Gasteiger charge is -2.27. The van der Waals surface area contributed by atoms with Crippen LogP contribution in [-0.2, 0) is 9.53 Å². The Balaban J connectivity index is 0.000000218. The third-order valence-electron chi connectivity index (χ3n) is 6.03. The van der Waals surface area contributed by atoms with E-state index in [2.05, 4.69) is 52.5 Å². The molecular formula is C27H38Br2F2N6O3. The maximum absolute atomic E-state index is 13.0. The summed E-state index contributed by atoms with van der Waals surface area (Å²) in [5.41, 5.74) is 11.7. The van der Waals surface area contributed by atoms with Gasteiger partial charge >= 0.3 is 6.09 Å². The molecule has 0 bridgehead atoms. The summed E-state index contributed by atoms with van der Waals surface area (Å²) in [6.45, 7) is 5.49. The maximum atomic E-state index is 13.0. The molecule has 0 spiro atoms. The minimum absolute atomic E-state index is 0.0950. The molecule has 0 radical (unpaired) electrons. The van der Waals surface area contributed by atoms with E-state index in [1.165, 1.54) is 18.3 Å². The predicted octanol–water partition coefficient (Wildman–Crippen LogP) is 6.25. The molecule has 2 aromatic rings. The van der Waals surface area contributed by atoms with Crippen molar-refractivity contribution in [3.05, 3.63) is 45.4 Å². The van der Waals surface area contributed by atoms with Gasteiger partial charge in [0.1, 0.15) is 32.2 Å². The molecule has 0 saturated heterocycles. The van der Waals surface area contributed by atoms with Crippen LogP contribution in [0.4, 0.5) is 25.0 Å². The first-order valence-electron chi connectivity index (χ1n) is 13.1. The van der Waals surface area contributed by atoms with E-state index in [1.807, 2.05) is 20.8 Å². The van der Waals surface area contributed by atoms with Crippen molar-refractivity contribution in [3.63, 3.8) is 0 Å². The number of halogens is 4. The van der Waals surface area contributed by atoms with Crippen molar-refractivity contribution in [1.29, 1.82) is 0 Å². The molecule has 2 aliphatic rings. The standard InChI is InChI=1S/C11H15BrFN3.C11H19NO3.C5H4BrFN2/c12-11-10(5-7(13)6-15-11)16-9-3-1-8(14)2-4-9;1-11(2,3)15-10(14)12-8-4-6-9(13)7-5-8;6-5-4(8)1-3(7)2-9-5/h5-6,8-9,16H,1-4,14H2;8H,4-7H2,1-3H3,(H,12,14);1-2H,8H2. The average Bonchev–Trinajstić information content (AvgIpc) is 2.86. The van der Waals surface area contributed by atoms with Gasteiger partial charge in [-0.1, -0.05) is 0 Å². The lowest BCUT2D eigenvalue weighted by Crippen LogP contribution is -2.40. The molecule has 0 aliphatic heterocycles. The van der Waals surface area contributed by atoms with Crippen molar-refractivity contribution in [3.8, 4) is 0 Å². The summed E-state index contributed by atoms with van der Waals surface area (Å²) in [4.78, 5) is 29.9. The Morgan fingerprint density at radius 2 is 1.50 bits per heavy atom. The van der Waals surface area contributed by atoms with E-state index in [1.54, 1.807) is 0 Å². The summed E-state index contributed by atoms with van der Waals surface area (Å²) in [5, 5.41) is 6.09. The Labute approximate surface area is 250 Å². The van der Waals surface area contributed by atoms with Gasteiger partial charge in [0.2, 0.25) is 0 Å². The molecule has 4 rings (SSSR count). The number of hydrogen-bond acceptors (Lipinski definition) is 8. The molecular weight excluding hydrogens is 654 g/mol. The van der Waals surface area contributed by atoms with Crippen molar-refractivity contribution < 1.29 is 23.1 Å². The van der Waals surface area contributed by atoms with Crippen LogP contribution in [0.15, 0.2) is 33.7 Å². The highest BCUT2D eigenvalue weighted by molar-refractivity contribution is 9.10. The van der Waals surface area contributed by atoms with E-state index in [4.69, 9.17) is 16.2 Å². The summed E-state index contributed by atoms with van der Waals surface area (Å²) < 4.78 is 31.5. The van der Waals surface area contributed by atoms with E-state index in [0.29, 0.717) is 39.8 Å². The average molecular weight is 692 g/mol. The highest BCUT2D eigenvalue weighted by atomic mass is 79.9. The fourth-order valence-corrected chi connectivity index (χ4v) is 4.55. The molecule has 0 atom stereocenters. The van der Waals surface area contributed by atoms with Crippen molar-refractivity contribution in [2.45, 2.75) is 95.9 Å². The zero-order chi connectivity index (χ0) is 29.9. The van der Waals surface area contributed by atoms with Crippen LogP contribution in [0.5, 0.6) is 0 Å². The number of hydrogen-bond donors (Lipinski definition) is 4. The van der Waals surface area contributed by atoms with E-state index >= 15 is 0 Å². The number of alkyl carbamates (subject to hydrolysis) is 1. The number of carbonyl (C=O) groups excluding carboxylic acids is 2. The second kappa shape index (κ2) is 16.2. The quantitative estimate of drug-likeness (QED) is 0.276. The van der Waals surface area contributed by atoms with Crippen molar-refractivity contribution in [1.82, 2.24) is 15.3 Å². The molecule has 2 heterocycles. The number of aromatic nitrogens is 2. The first-order valence-corrected chi connectivity index (χ1v) is 14.7. The molecule has 222 valence electrons. The number of nitrogens with one attached hydrogen (secondary N) is 2. The van der Waals surface area contributed by atoms with Gasteiger partial charge in [-0.2, -0.15) is 0 Å². The second-order valence-corrected chi connectivity index (χ2v) is 12.2. The maximum Gasteiger partial charge on any atom is 0.407 e. The molecule has 40 heavy (non-hydrogen) atoms. The lowest BCUT2D eigenvalue weighted by molar-refractivity contribution is -0.120. The fraction of sp³-hybridized carbons (Fsp3) is 0.556. The third-order valence-corrected chi connectivity index (χ3v) is 7.33. The van der Waals surface area contributed by atoms with Gasteiger partial charge in [0.15, 0.2) is 0 Å². The highest BCUT2D eigenvalue weighted by Gasteiger charge is 2.23. The van der Waals surface area contributed by atoms with E-state index in [9.17, 15) is 18.4 Å². The summed E-state index contributed by atoms with van der Waals surface area (Å²) in [7, 11) is 0. The first kappa shape index (κ1) is 33.8. The molecule has 2 saturated carbocycles. The van der Waals surface area contributed by atoms with Crippen LogP contribution in [-0.4, -0.2) is 45.6 Å². The van der Waals surface area contributed by atoms with Gasteiger partial charge in [-0.15, -0.1) is 0 Å². The zero-order valence-corrected chi connectivity index (χ0v) is 26.2.